The predicted octanol–water partition coefficient (Wildman–Crippen LogP) is 3.81. The molecule has 0 aliphatic heterocycles. The van der Waals surface area contributed by atoms with Crippen LogP contribution >= 0.6 is 0 Å². The lowest BCUT2D eigenvalue weighted by molar-refractivity contribution is -0.150. The molecule has 1 aromatic carbocycles. The van der Waals surface area contributed by atoms with E-state index in [0.717, 1.165) is 30.8 Å². The third-order valence-electron chi connectivity index (χ3n) is 4.52. The Kier molecular flexibility index (Phi) is 5.69. The first kappa shape index (κ1) is 17.4. The summed E-state index contributed by atoms with van der Waals surface area (Å²) in [6, 6.07) is 7.85. The fourth-order valence-electron chi connectivity index (χ4n) is 3.35. The van der Waals surface area contributed by atoms with Gasteiger partial charge in [-0.25, -0.2) is 4.79 Å². The molecule has 0 spiro atoms. The lowest BCUT2D eigenvalue weighted by atomic mass is 9.86. The maximum atomic E-state index is 12.9. The highest BCUT2D eigenvalue weighted by atomic mass is 16.5. The molecule has 0 aromatic heterocycles. The van der Waals surface area contributed by atoms with E-state index in [1.165, 1.54) is 0 Å². The normalized spacial score (nSPS) is 16.3. The number of carbonyl (C=O) groups is 1. The Morgan fingerprint density at radius 1 is 1.35 bits per heavy atom. The predicted molar refractivity (Wildman–Crippen MR) is 92.9 cm³/mol. The molecule has 1 aliphatic rings. The van der Waals surface area contributed by atoms with Gasteiger partial charge in [0, 0.05) is 12.2 Å². The van der Waals surface area contributed by atoms with Crippen molar-refractivity contribution in [2.45, 2.75) is 38.6 Å². The van der Waals surface area contributed by atoms with E-state index >= 15 is 0 Å². The minimum absolute atomic E-state index is 0.139. The van der Waals surface area contributed by atoms with Crippen LogP contribution in [0, 0.1) is 5.92 Å². The topological polar surface area (TPSA) is 38.8 Å². The summed E-state index contributed by atoms with van der Waals surface area (Å²) in [6.07, 6.45) is 4.54. The molecule has 4 heteroatoms. The SMILES string of the molecule is C=CCC(C(=O)OCC)(C1CC1)N(CC)c1ccc(OC)cc1. The smallest absolute Gasteiger partial charge is 0.332 e. The Bertz CT molecular complexity index is 536. The van der Waals surface area contributed by atoms with Gasteiger partial charge in [-0.15, -0.1) is 6.58 Å². The van der Waals surface area contributed by atoms with Gasteiger partial charge >= 0.3 is 5.97 Å². The number of likely N-dealkylation sites (N-methyl/N-ethyl adjacent to an activating group) is 1. The molecule has 1 unspecified atom stereocenters. The zero-order valence-corrected chi connectivity index (χ0v) is 14.4. The number of methoxy groups -OCH3 is 1. The van der Waals surface area contributed by atoms with E-state index in [-0.39, 0.29) is 5.97 Å². The van der Waals surface area contributed by atoms with Gasteiger partial charge < -0.3 is 14.4 Å². The first-order chi connectivity index (χ1) is 11.1. The van der Waals surface area contributed by atoms with E-state index in [1.807, 2.05) is 37.3 Å². The molecule has 1 atom stereocenters. The van der Waals surface area contributed by atoms with E-state index in [9.17, 15) is 4.79 Å². The van der Waals surface area contributed by atoms with E-state index in [4.69, 9.17) is 9.47 Å². The Labute approximate surface area is 139 Å². The van der Waals surface area contributed by atoms with Gasteiger partial charge in [-0.05, 0) is 63.3 Å². The Morgan fingerprint density at radius 3 is 2.43 bits per heavy atom. The van der Waals surface area contributed by atoms with Crippen molar-refractivity contribution in [3.63, 3.8) is 0 Å². The average molecular weight is 317 g/mol. The van der Waals surface area contributed by atoms with Crippen LogP contribution in [0.1, 0.15) is 33.1 Å². The van der Waals surface area contributed by atoms with Gasteiger partial charge in [-0.3, -0.25) is 0 Å². The molecule has 1 aliphatic carbocycles. The van der Waals surface area contributed by atoms with Gasteiger partial charge in [-0.2, -0.15) is 0 Å². The quantitative estimate of drug-likeness (QED) is 0.513. The molecule has 1 saturated carbocycles. The molecule has 23 heavy (non-hydrogen) atoms. The summed E-state index contributed by atoms with van der Waals surface area (Å²) in [5.41, 5.74) is 0.358. The molecule has 0 amide bonds. The number of benzene rings is 1. The molecule has 0 heterocycles. The summed E-state index contributed by atoms with van der Waals surface area (Å²) in [4.78, 5) is 15.1. The van der Waals surface area contributed by atoms with Crippen molar-refractivity contribution in [3.8, 4) is 5.75 Å². The first-order valence-electron chi connectivity index (χ1n) is 8.33. The largest absolute Gasteiger partial charge is 0.497 e. The fraction of sp³-hybridized carbons (Fsp3) is 0.526. The highest BCUT2D eigenvalue weighted by Gasteiger charge is 2.54. The molecule has 0 saturated heterocycles. The van der Waals surface area contributed by atoms with Crippen molar-refractivity contribution in [1.29, 1.82) is 0 Å². The van der Waals surface area contributed by atoms with Gasteiger partial charge in [0.05, 0.1) is 13.7 Å². The van der Waals surface area contributed by atoms with Crippen LogP contribution in [-0.4, -0.2) is 31.8 Å². The van der Waals surface area contributed by atoms with Crippen molar-refractivity contribution < 1.29 is 14.3 Å². The van der Waals surface area contributed by atoms with Crippen LogP contribution in [0.5, 0.6) is 5.75 Å². The van der Waals surface area contributed by atoms with Crippen LogP contribution in [0.25, 0.3) is 0 Å². The second kappa shape index (κ2) is 7.53. The Morgan fingerprint density at radius 2 is 2.00 bits per heavy atom. The molecule has 1 aromatic rings. The minimum Gasteiger partial charge on any atom is -0.497 e. The molecule has 4 nitrogen and oxygen atoms in total. The minimum atomic E-state index is -0.652. The van der Waals surface area contributed by atoms with E-state index < -0.39 is 5.54 Å². The maximum Gasteiger partial charge on any atom is 0.332 e. The summed E-state index contributed by atoms with van der Waals surface area (Å²) in [5, 5.41) is 0. The number of hydrogen-bond donors (Lipinski definition) is 0. The summed E-state index contributed by atoms with van der Waals surface area (Å²) in [5.74, 6) is 0.989. The van der Waals surface area contributed by atoms with Crippen molar-refractivity contribution in [1.82, 2.24) is 0 Å². The van der Waals surface area contributed by atoms with Crippen LogP contribution < -0.4 is 9.64 Å². The van der Waals surface area contributed by atoms with Gasteiger partial charge in [-0.1, -0.05) is 6.08 Å². The second-order valence-corrected chi connectivity index (χ2v) is 5.85. The summed E-state index contributed by atoms with van der Waals surface area (Å²) in [7, 11) is 1.65. The Hall–Kier alpha value is -1.97. The lowest BCUT2D eigenvalue weighted by Gasteiger charge is -2.43. The zero-order chi connectivity index (χ0) is 16.9. The summed E-state index contributed by atoms with van der Waals surface area (Å²) in [6.45, 7) is 8.93. The van der Waals surface area contributed by atoms with Gasteiger partial charge in [0.2, 0.25) is 0 Å². The fourth-order valence-corrected chi connectivity index (χ4v) is 3.35. The van der Waals surface area contributed by atoms with E-state index in [2.05, 4.69) is 18.4 Å². The van der Waals surface area contributed by atoms with Crippen LogP contribution in [0.2, 0.25) is 0 Å². The van der Waals surface area contributed by atoms with Crippen molar-refractivity contribution >= 4 is 11.7 Å². The van der Waals surface area contributed by atoms with Gasteiger partial charge in [0.1, 0.15) is 11.3 Å². The van der Waals surface area contributed by atoms with Crippen molar-refractivity contribution in [2.75, 3.05) is 25.2 Å². The van der Waals surface area contributed by atoms with E-state index in [0.29, 0.717) is 18.9 Å². The highest BCUT2D eigenvalue weighted by Crippen LogP contribution is 2.47. The lowest BCUT2D eigenvalue weighted by Crippen LogP contribution is -2.57. The third kappa shape index (κ3) is 3.36. The molecule has 0 bridgehead atoms. The van der Waals surface area contributed by atoms with E-state index in [1.54, 1.807) is 7.11 Å². The standard InChI is InChI=1S/C19H27NO3/c1-5-14-19(15-8-9-15,18(21)23-7-3)20(6-2)16-10-12-17(22-4)13-11-16/h5,10-13,15H,1,6-9,14H2,2-4H3. The molecule has 0 radical (unpaired) electrons. The molecule has 2 rings (SSSR count). The Balaban J connectivity index is 2.44. The van der Waals surface area contributed by atoms with Gasteiger partial charge in [0.25, 0.3) is 0 Å². The number of anilines is 1. The first-order valence-corrected chi connectivity index (χ1v) is 8.33. The molecular formula is C19H27NO3. The second-order valence-electron chi connectivity index (χ2n) is 5.85. The van der Waals surface area contributed by atoms with Crippen LogP contribution in [0.3, 0.4) is 0 Å². The number of rotatable bonds is 9. The molecular weight excluding hydrogens is 290 g/mol. The third-order valence-corrected chi connectivity index (χ3v) is 4.52. The highest BCUT2D eigenvalue weighted by molar-refractivity contribution is 5.87. The monoisotopic (exact) mass is 317 g/mol. The number of esters is 1. The number of ether oxygens (including phenoxy) is 2. The zero-order valence-electron chi connectivity index (χ0n) is 14.4. The summed E-state index contributed by atoms with van der Waals surface area (Å²) < 4.78 is 10.7. The van der Waals surface area contributed by atoms with Crippen molar-refractivity contribution in [3.05, 3.63) is 36.9 Å². The van der Waals surface area contributed by atoms with Crippen molar-refractivity contribution in [2.24, 2.45) is 5.92 Å². The van der Waals surface area contributed by atoms with Gasteiger partial charge in [0.15, 0.2) is 0 Å². The molecule has 1 fully saturated rings. The number of hydrogen-bond acceptors (Lipinski definition) is 4. The van der Waals surface area contributed by atoms with Crippen LogP contribution in [-0.2, 0) is 9.53 Å². The number of nitrogens with zero attached hydrogens (tertiary/aromatic N) is 1. The average Bonchev–Trinajstić information content (AvgIpc) is 3.40. The van der Waals surface area contributed by atoms with Crippen LogP contribution in [0.4, 0.5) is 5.69 Å². The molecule has 0 N–H and O–H groups in total. The van der Waals surface area contributed by atoms with Crippen LogP contribution in [0.15, 0.2) is 36.9 Å². The number of carbonyl (C=O) groups excluding carboxylic acids is 1. The summed E-state index contributed by atoms with van der Waals surface area (Å²) >= 11 is 0. The molecule has 126 valence electrons. The maximum absolute atomic E-state index is 12.9.